The normalized spacial score (nSPS) is 21.4. The summed E-state index contributed by atoms with van der Waals surface area (Å²) in [4.78, 5) is 17.8. The Morgan fingerprint density at radius 2 is 2.24 bits per heavy atom. The Morgan fingerprint density at radius 1 is 1.48 bits per heavy atom. The first kappa shape index (κ1) is 13.4. The molecule has 0 bridgehead atoms. The number of nitrogens with zero attached hydrogens (tertiary/aromatic N) is 3. The van der Waals surface area contributed by atoms with Gasteiger partial charge < -0.3 is 10.0 Å². The number of hydrogen-bond donors (Lipinski definition) is 1. The van der Waals surface area contributed by atoms with E-state index >= 15 is 0 Å². The lowest BCUT2D eigenvalue weighted by atomic mass is 9.97. The smallest absolute Gasteiger partial charge is 0.329 e. The number of pyridine rings is 1. The van der Waals surface area contributed by atoms with Crippen LogP contribution in [0.3, 0.4) is 0 Å². The molecule has 106 valence electrons. The van der Waals surface area contributed by atoms with Crippen molar-refractivity contribution < 1.29 is 9.90 Å². The molecule has 1 fully saturated rings. The van der Waals surface area contributed by atoms with E-state index in [0.29, 0.717) is 24.2 Å². The number of para-hydroxylation sites is 1. The molecule has 5 nitrogen and oxygen atoms in total. The molecule has 0 amide bonds. The Labute approximate surface area is 122 Å². The van der Waals surface area contributed by atoms with Gasteiger partial charge in [0.2, 0.25) is 0 Å². The molecule has 3 rings (SSSR count). The maximum absolute atomic E-state index is 11.7. The predicted octanol–water partition coefficient (Wildman–Crippen LogP) is 2.55. The third-order valence-corrected chi connectivity index (χ3v) is 4.24. The van der Waals surface area contributed by atoms with Crippen molar-refractivity contribution in [2.45, 2.75) is 25.3 Å². The molecule has 2 aromatic rings. The average molecular weight is 281 g/mol. The van der Waals surface area contributed by atoms with Gasteiger partial charge in [-0.1, -0.05) is 18.2 Å². The number of hydrogen-bond acceptors (Lipinski definition) is 4. The van der Waals surface area contributed by atoms with Gasteiger partial charge in [0, 0.05) is 18.1 Å². The zero-order valence-electron chi connectivity index (χ0n) is 11.7. The second-order valence-corrected chi connectivity index (χ2v) is 5.48. The number of carbonyl (C=O) groups is 1. The van der Waals surface area contributed by atoms with Crippen LogP contribution in [0.25, 0.3) is 10.9 Å². The molecule has 1 aromatic heterocycles. The van der Waals surface area contributed by atoms with Crippen LogP contribution in [0, 0.1) is 11.3 Å². The van der Waals surface area contributed by atoms with Crippen molar-refractivity contribution in [3.05, 3.63) is 36.0 Å². The molecule has 0 aliphatic carbocycles. The Balaban J connectivity index is 2.29. The van der Waals surface area contributed by atoms with Gasteiger partial charge in [-0.25, -0.2) is 4.79 Å². The second-order valence-electron chi connectivity index (χ2n) is 5.48. The van der Waals surface area contributed by atoms with Crippen LogP contribution in [0.2, 0.25) is 0 Å². The largest absolute Gasteiger partial charge is 0.480 e. The van der Waals surface area contributed by atoms with Crippen LogP contribution in [0.15, 0.2) is 30.5 Å². The molecule has 1 aromatic carbocycles. The Kier molecular flexibility index (Phi) is 3.02. The minimum Gasteiger partial charge on any atom is -0.480 e. The Hall–Kier alpha value is -2.61. The summed E-state index contributed by atoms with van der Waals surface area (Å²) in [6.07, 6.45) is 2.90. The lowest BCUT2D eigenvalue weighted by Gasteiger charge is -2.34. The zero-order valence-corrected chi connectivity index (χ0v) is 11.7. The highest BCUT2D eigenvalue weighted by atomic mass is 16.4. The summed E-state index contributed by atoms with van der Waals surface area (Å²) in [6, 6.07) is 9.66. The first-order valence-electron chi connectivity index (χ1n) is 6.87. The summed E-state index contributed by atoms with van der Waals surface area (Å²) in [6.45, 7) is 2.35. The van der Waals surface area contributed by atoms with Gasteiger partial charge in [0.1, 0.15) is 11.6 Å². The highest BCUT2D eigenvalue weighted by molar-refractivity contribution is 5.97. The number of rotatable bonds is 2. The van der Waals surface area contributed by atoms with E-state index < -0.39 is 11.5 Å². The van der Waals surface area contributed by atoms with Crippen molar-refractivity contribution in [2.75, 3.05) is 11.4 Å². The first-order valence-corrected chi connectivity index (χ1v) is 6.87. The third-order valence-electron chi connectivity index (χ3n) is 4.24. The van der Waals surface area contributed by atoms with Crippen LogP contribution in [0.1, 0.15) is 25.3 Å². The fourth-order valence-corrected chi connectivity index (χ4v) is 3.04. The molecular weight excluding hydrogens is 266 g/mol. The SMILES string of the molecule is CC1(C(=O)O)CCCN1c1c(C#N)cnc2ccccc12. The third kappa shape index (κ3) is 1.91. The molecule has 2 heterocycles. The number of nitriles is 1. The summed E-state index contributed by atoms with van der Waals surface area (Å²) in [7, 11) is 0. The van der Waals surface area contributed by atoms with Crippen LogP contribution in [0.4, 0.5) is 5.69 Å². The van der Waals surface area contributed by atoms with E-state index in [1.54, 1.807) is 6.92 Å². The van der Waals surface area contributed by atoms with E-state index in [1.807, 2.05) is 29.2 Å². The van der Waals surface area contributed by atoms with Crippen molar-refractivity contribution in [3.8, 4) is 6.07 Å². The monoisotopic (exact) mass is 281 g/mol. The van der Waals surface area contributed by atoms with E-state index in [2.05, 4.69) is 11.1 Å². The number of fused-ring (bicyclic) bond motifs is 1. The van der Waals surface area contributed by atoms with Crippen LogP contribution in [0.5, 0.6) is 0 Å². The number of carboxylic acid groups (broad SMARTS) is 1. The summed E-state index contributed by atoms with van der Waals surface area (Å²) < 4.78 is 0. The van der Waals surface area contributed by atoms with Gasteiger partial charge in [-0.3, -0.25) is 4.98 Å². The van der Waals surface area contributed by atoms with Crippen molar-refractivity contribution >= 4 is 22.6 Å². The first-order chi connectivity index (χ1) is 10.1. The summed E-state index contributed by atoms with van der Waals surface area (Å²) in [5.41, 5.74) is 0.898. The molecular formula is C16H15N3O2. The lowest BCUT2D eigenvalue weighted by molar-refractivity contribution is -0.142. The van der Waals surface area contributed by atoms with Crippen molar-refractivity contribution in [2.24, 2.45) is 0 Å². The molecule has 1 saturated heterocycles. The summed E-state index contributed by atoms with van der Waals surface area (Å²) in [5.74, 6) is -0.857. The molecule has 1 N–H and O–H groups in total. The van der Waals surface area contributed by atoms with Gasteiger partial charge >= 0.3 is 5.97 Å². The number of benzene rings is 1. The maximum atomic E-state index is 11.7. The predicted molar refractivity (Wildman–Crippen MR) is 79.1 cm³/mol. The fourth-order valence-electron chi connectivity index (χ4n) is 3.04. The Morgan fingerprint density at radius 3 is 2.95 bits per heavy atom. The van der Waals surface area contributed by atoms with Gasteiger partial charge in [0.25, 0.3) is 0 Å². The zero-order chi connectivity index (χ0) is 15.0. The number of aromatic nitrogens is 1. The van der Waals surface area contributed by atoms with Gasteiger partial charge in [-0.05, 0) is 25.8 Å². The van der Waals surface area contributed by atoms with Crippen LogP contribution < -0.4 is 4.90 Å². The second kappa shape index (κ2) is 4.74. The van der Waals surface area contributed by atoms with Gasteiger partial charge in [-0.2, -0.15) is 5.26 Å². The van der Waals surface area contributed by atoms with Gasteiger partial charge in [0.15, 0.2) is 0 Å². The molecule has 21 heavy (non-hydrogen) atoms. The Bertz CT molecular complexity index is 766. The van der Waals surface area contributed by atoms with Crippen LogP contribution in [-0.2, 0) is 4.79 Å². The highest BCUT2D eigenvalue weighted by Gasteiger charge is 2.44. The van der Waals surface area contributed by atoms with Crippen molar-refractivity contribution in [3.63, 3.8) is 0 Å². The van der Waals surface area contributed by atoms with Crippen molar-refractivity contribution in [1.29, 1.82) is 5.26 Å². The minimum absolute atomic E-state index is 0.420. The van der Waals surface area contributed by atoms with Crippen LogP contribution in [-0.4, -0.2) is 28.1 Å². The van der Waals surface area contributed by atoms with E-state index in [0.717, 1.165) is 17.3 Å². The molecule has 0 saturated carbocycles. The molecule has 0 radical (unpaired) electrons. The van der Waals surface area contributed by atoms with Gasteiger partial charge in [-0.15, -0.1) is 0 Å². The van der Waals surface area contributed by atoms with E-state index in [-0.39, 0.29) is 0 Å². The number of carboxylic acids is 1. The summed E-state index contributed by atoms with van der Waals surface area (Å²) in [5, 5.41) is 19.8. The quantitative estimate of drug-likeness (QED) is 0.915. The molecule has 1 aliphatic heterocycles. The molecule has 1 aliphatic rings. The van der Waals surface area contributed by atoms with Crippen molar-refractivity contribution in [1.82, 2.24) is 4.98 Å². The average Bonchev–Trinajstić information content (AvgIpc) is 2.89. The fraction of sp³-hybridized carbons (Fsp3) is 0.312. The highest BCUT2D eigenvalue weighted by Crippen LogP contribution is 2.39. The van der Waals surface area contributed by atoms with Crippen LogP contribution >= 0.6 is 0 Å². The van der Waals surface area contributed by atoms with E-state index in [1.165, 1.54) is 6.20 Å². The number of aliphatic carboxylic acids is 1. The maximum Gasteiger partial charge on any atom is 0.329 e. The standard InChI is InChI=1S/C16H15N3O2/c1-16(15(20)21)7-4-8-19(16)14-11(9-17)10-18-13-6-3-2-5-12(13)14/h2-3,5-6,10H,4,7-8H2,1H3,(H,20,21). The molecule has 0 spiro atoms. The van der Waals surface area contributed by atoms with Gasteiger partial charge in [0.05, 0.1) is 16.8 Å². The topological polar surface area (TPSA) is 77.2 Å². The molecule has 5 heteroatoms. The molecule has 1 atom stereocenters. The minimum atomic E-state index is -0.976. The number of anilines is 1. The van der Waals surface area contributed by atoms with E-state index in [4.69, 9.17) is 0 Å². The van der Waals surface area contributed by atoms with E-state index in [9.17, 15) is 15.2 Å². The lowest BCUT2D eigenvalue weighted by Crippen LogP contribution is -2.48. The summed E-state index contributed by atoms with van der Waals surface area (Å²) >= 11 is 0. The molecule has 1 unspecified atom stereocenters.